The summed E-state index contributed by atoms with van der Waals surface area (Å²) in [4.78, 5) is 0. The van der Waals surface area contributed by atoms with Gasteiger partial charge in [-0.05, 0) is 0 Å². The minimum absolute atomic E-state index is 0.0241. The Morgan fingerprint density at radius 1 is 0.577 bits per heavy atom. The van der Waals surface area contributed by atoms with Crippen molar-refractivity contribution in [2.24, 2.45) is 10.8 Å². The van der Waals surface area contributed by atoms with Gasteiger partial charge >= 0.3 is 327 Å². The quantitative estimate of drug-likeness (QED) is 0.147. The van der Waals surface area contributed by atoms with Crippen molar-refractivity contribution in [3.63, 3.8) is 0 Å². The van der Waals surface area contributed by atoms with Crippen LogP contribution in [0.3, 0.4) is 0 Å². The fourth-order valence-corrected chi connectivity index (χ4v) is 40.8. The van der Waals surface area contributed by atoms with E-state index in [1.165, 1.54) is 66.8 Å². The van der Waals surface area contributed by atoms with E-state index in [1.807, 2.05) is 0 Å². The summed E-state index contributed by atoms with van der Waals surface area (Å²) in [5, 5.41) is 0. The van der Waals surface area contributed by atoms with E-state index in [4.69, 9.17) is 17.0 Å². The maximum atomic E-state index is 9.01. The number of hydrogen-bond donors (Lipinski definition) is 0. The molecular formula is C48H61Cl2SiZr. The van der Waals surface area contributed by atoms with Gasteiger partial charge in [-0.3, -0.25) is 0 Å². The first-order chi connectivity index (χ1) is 24.4. The molecule has 275 valence electrons. The molecule has 0 amide bonds. The number of allylic oxidation sites excluding steroid dienone is 2. The molecule has 4 aromatic rings. The van der Waals surface area contributed by atoms with Gasteiger partial charge in [-0.25, -0.2) is 0 Å². The van der Waals surface area contributed by atoms with Crippen LogP contribution >= 0.6 is 17.0 Å². The second-order valence-electron chi connectivity index (χ2n) is 18.4. The van der Waals surface area contributed by atoms with Gasteiger partial charge in [-0.1, -0.05) is 0 Å². The summed E-state index contributed by atoms with van der Waals surface area (Å²) in [5.41, 5.74) is 16.2. The van der Waals surface area contributed by atoms with Crippen molar-refractivity contribution in [2.75, 3.05) is 0 Å². The fourth-order valence-electron chi connectivity index (χ4n) is 9.37. The third kappa shape index (κ3) is 6.48. The van der Waals surface area contributed by atoms with Gasteiger partial charge in [0.15, 0.2) is 0 Å². The molecule has 0 saturated heterocycles. The average Bonchev–Trinajstić information content (AvgIpc) is 3.72. The molecule has 4 aromatic carbocycles. The van der Waals surface area contributed by atoms with Crippen LogP contribution in [0.25, 0.3) is 34.4 Å². The van der Waals surface area contributed by atoms with Crippen LogP contribution in [0.15, 0.2) is 96.1 Å². The van der Waals surface area contributed by atoms with Crippen molar-refractivity contribution in [3.8, 4) is 22.3 Å². The van der Waals surface area contributed by atoms with Crippen molar-refractivity contribution in [1.29, 1.82) is 0 Å². The van der Waals surface area contributed by atoms with Crippen molar-refractivity contribution in [1.82, 2.24) is 0 Å². The molecule has 0 spiro atoms. The van der Waals surface area contributed by atoms with Crippen molar-refractivity contribution in [2.45, 2.75) is 114 Å². The summed E-state index contributed by atoms with van der Waals surface area (Å²) >= 11 is -5.09. The monoisotopic (exact) mass is 825 g/mol. The zero-order valence-electron chi connectivity index (χ0n) is 33.8. The molecule has 4 heteroatoms. The SMILES string of the molecule is CCC(C)c1ccc2c(c1-c1ccccc1)C=C(C(C)(C)C)[CH]2[Zr]([Cl])([Cl])([CH]1C(C(C)(C)C)=Cc2c1ccc(C(C)CC)c2-c1ccccc1)[SiH](C)C. The Bertz CT molecular complexity index is 1880. The van der Waals surface area contributed by atoms with Crippen molar-refractivity contribution < 1.29 is 15.6 Å². The third-order valence-electron chi connectivity index (χ3n) is 12.8. The van der Waals surface area contributed by atoms with Crippen molar-refractivity contribution in [3.05, 3.63) is 129 Å². The third-order valence-corrected chi connectivity index (χ3v) is 64.4. The first-order valence-electron chi connectivity index (χ1n) is 19.8. The summed E-state index contributed by atoms with van der Waals surface area (Å²) in [6.45, 7) is 28.6. The average molecular weight is 828 g/mol. The fraction of sp³-hybridized carbons (Fsp3) is 0.417. The molecule has 0 fully saturated rings. The Kier molecular flexibility index (Phi) is 10.9. The predicted molar refractivity (Wildman–Crippen MR) is 232 cm³/mol. The molecule has 0 aromatic heterocycles. The van der Waals surface area contributed by atoms with Crippen molar-refractivity contribution >= 4 is 35.1 Å². The molecule has 0 heterocycles. The van der Waals surface area contributed by atoms with Gasteiger partial charge in [-0.2, -0.15) is 0 Å². The van der Waals surface area contributed by atoms with E-state index in [-0.39, 0.29) is 18.1 Å². The molecule has 52 heavy (non-hydrogen) atoms. The number of benzene rings is 4. The van der Waals surface area contributed by atoms with Crippen LogP contribution in [-0.2, 0) is 15.6 Å². The molecule has 0 saturated carbocycles. The summed E-state index contributed by atoms with van der Waals surface area (Å²) < 4.78 is 0.0482. The predicted octanol–water partition coefficient (Wildman–Crippen LogP) is 15.7. The summed E-state index contributed by atoms with van der Waals surface area (Å²) in [6, 6.07) is 31.9. The van der Waals surface area contributed by atoms with E-state index < -0.39 is 21.5 Å². The number of hydrogen-bond acceptors (Lipinski definition) is 0. The first-order valence-corrected chi connectivity index (χ1v) is 36.1. The Labute approximate surface area is 324 Å². The van der Waals surface area contributed by atoms with Gasteiger partial charge in [0, 0.05) is 0 Å². The Hall–Kier alpha value is -1.96. The number of rotatable bonds is 9. The van der Waals surface area contributed by atoms with Gasteiger partial charge in [-0.15, -0.1) is 0 Å². The molecule has 0 radical (unpaired) electrons. The Morgan fingerprint density at radius 3 is 1.21 bits per heavy atom. The molecule has 2 aliphatic carbocycles. The van der Waals surface area contributed by atoms with Gasteiger partial charge in [0.05, 0.1) is 0 Å². The molecule has 2 aliphatic rings. The zero-order chi connectivity index (χ0) is 38.0. The molecule has 6 rings (SSSR count). The number of halogens is 2. The molecule has 4 unspecified atom stereocenters. The van der Waals surface area contributed by atoms with Crippen LogP contribution in [-0.4, -0.2) is 5.92 Å². The van der Waals surface area contributed by atoms with Crippen LogP contribution in [0.1, 0.15) is 135 Å². The van der Waals surface area contributed by atoms with Crippen LogP contribution < -0.4 is 0 Å². The second kappa shape index (κ2) is 14.3. The summed E-state index contributed by atoms with van der Waals surface area (Å²) in [7, 11) is 18.0. The minimum atomic E-state index is -5.09. The van der Waals surface area contributed by atoms with Gasteiger partial charge in [0.2, 0.25) is 0 Å². The van der Waals surface area contributed by atoms with E-state index in [1.54, 1.807) is 0 Å². The zero-order valence-corrected chi connectivity index (χ0v) is 38.9. The molecule has 0 bridgehead atoms. The van der Waals surface area contributed by atoms with Gasteiger partial charge < -0.3 is 0 Å². The van der Waals surface area contributed by atoms with Gasteiger partial charge in [0.1, 0.15) is 0 Å². The van der Waals surface area contributed by atoms with E-state index in [2.05, 4.69) is 179 Å². The van der Waals surface area contributed by atoms with Gasteiger partial charge in [0.25, 0.3) is 0 Å². The van der Waals surface area contributed by atoms with Crippen LogP contribution in [0.2, 0.25) is 13.1 Å². The molecule has 0 aliphatic heterocycles. The molecule has 0 N–H and O–H groups in total. The van der Waals surface area contributed by atoms with Crippen LogP contribution in [0.4, 0.5) is 0 Å². The topological polar surface area (TPSA) is 0 Å². The van der Waals surface area contributed by atoms with Crippen LogP contribution in [0, 0.1) is 10.8 Å². The van der Waals surface area contributed by atoms with E-state index >= 15 is 0 Å². The Balaban J connectivity index is 1.72. The standard InChI is InChI=1S/2C23H27.C2H7Si.2ClH.Zr/c2*1-6-16(2)20-13-12-18-14-19(23(3,4)5)15-21(18)22(20)17-10-8-7-9-11-17;1-3-2;;;/h2*7-16H,6H2,1-5H3;3H,1-2H3;2*1H;/q;;;;;+2/p-2. The van der Waals surface area contributed by atoms with E-state index in [9.17, 15) is 0 Å². The Morgan fingerprint density at radius 2 is 0.923 bits per heavy atom. The number of fused-ring (bicyclic) bond motifs is 2. The molecule has 0 nitrogen and oxygen atoms in total. The summed E-state index contributed by atoms with van der Waals surface area (Å²) in [5.74, 6) is -0.880. The van der Waals surface area contributed by atoms with E-state index in [0.29, 0.717) is 11.8 Å². The molecule has 4 atom stereocenters. The second-order valence-corrected chi connectivity index (χ2v) is 60.9. The normalized spacial score (nSPS) is 19.4. The molecular weight excluding hydrogens is 767 g/mol. The maximum absolute atomic E-state index is 9.01. The van der Waals surface area contributed by atoms with E-state index in [0.717, 1.165) is 12.8 Å². The van der Waals surface area contributed by atoms with Crippen LogP contribution in [0.5, 0.6) is 0 Å². The summed E-state index contributed by atoms with van der Waals surface area (Å²) in [6.07, 6.45) is 7.29. The first kappa shape index (κ1) is 39.7.